The van der Waals surface area contributed by atoms with Gasteiger partial charge in [-0.3, -0.25) is 0 Å². The first-order valence-electron chi connectivity index (χ1n) is 6.81. The van der Waals surface area contributed by atoms with Crippen LogP contribution >= 0.6 is 15.9 Å². The van der Waals surface area contributed by atoms with Crippen LogP contribution < -0.4 is 10.2 Å². The zero-order chi connectivity index (χ0) is 13.9. The largest absolute Gasteiger partial charge is 0.377 e. The van der Waals surface area contributed by atoms with Gasteiger partial charge in [0.2, 0.25) is 0 Å². The molecule has 0 aromatic heterocycles. The highest BCUT2D eigenvalue weighted by molar-refractivity contribution is 9.10. The molecule has 1 unspecified atom stereocenters. The Kier molecular flexibility index (Phi) is 4.87. The summed E-state index contributed by atoms with van der Waals surface area (Å²) in [4.78, 5) is 2.45. The molecular weight excluding hydrogens is 304 g/mol. The highest BCUT2D eigenvalue weighted by Crippen LogP contribution is 2.31. The number of halogens is 1. The van der Waals surface area contributed by atoms with Crippen molar-refractivity contribution in [3.8, 4) is 0 Å². The van der Waals surface area contributed by atoms with Gasteiger partial charge in [-0.05, 0) is 50.6 Å². The molecule has 19 heavy (non-hydrogen) atoms. The smallest absolute Gasteiger partial charge is 0.0825 e. The fourth-order valence-electron chi connectivity index (χ4n) is 2.77. The summed E-state index contributed by atoms with van der Waals surface area (Å²) in [5.74, 6) is 0. The molecular formula is C15H23BrN2O. The van der Waals surface area contributed by atoms with Gasteiger partial charge < -0.3 is 15.0 Å². The normalized spacial score (nSPS) is 23.7. The van der Waals surface area contributed by atoms with E-state index in [1.165, 1.54) is 17.7 Å². The zero-order valence-electron chi connectivity index (χ0n) is 12.0. The molecule has 1 aliphatic heterocycles. The molecule has 1 heterocycles. The average molecular weight is 327 g/mol. The van der Waals surface area contributed by atoms with E-state index in [1.54, 1.807) is 0 Å². The number of methoxy groups -OCH3 is 1. The molecule has 2 rings (SSSR count). The van der Waals surface area contributed by atoms with E-state index in [-0.39, 0.29) is 5.60 Å². The molecule has 106 valence electrons. The van der Waals surface area contributed by atoms with E-state index in [0.29, 0.717) is 0 Å². The number of benzene rings is 1. The van der Waals surface area contributed by atoms with Gasteiger partial charge in [-0.2, -0.15) is 0 Å². The molecule has 0 aliphatic carbocycles. The molecule has 3 nitrogen and oxygen atoms in total. The van der Waals surface area contributed by atoms with E-state index in [0.717, 1.165) is 30.5 Å². The number of nitrogens with one attached hydrogen (secondary N) is 1. The first kappa shape index (κ1) is 14.8. The second kappa shape index (κ2) is 6.25. The molecule has 0 saturated carbocycles. The number of hydrogen-bond acceptors (Lipinski definition) is 3. The molecule has 1 atom stereocenters. The first-order valence-corrected chi connectivity index (χ1v) is 7.60. The lowest BCUT2D eigenvalue weighted by atomic mass is 9.94. The molecule has 0 radical (unpaired) electrons. The second-order valence-electron chi connectivity index (χ2n) is 5.48. The number of anilines is 1. The third-order valence-corrected chi connectivity index (χ3v) is 4.39. The molecule has 1 fully saturated rings. The monoisotopic (exact) mass is 326 g/mol. The minimum atomic E-state index is -0.0256. The predicted octanol–water partition coefficient (Wildman–Crippen LogP) is 3.17. The summed E-state index contributed by atoms with van der Waals surface area (Å²) >= 11 is 3.56. The number of nitrogens with zero attached hydrogens (tertiary/aromatic N) is 1. The van der Waals surface area contributed by atoms with Crippen molar-refractivity contribution < 1.29 is 4.74 Å². The summed E-state index contributed by atoms with van der Waals surface area (Å²) < 4.78 is 6.82. The summed E-state index contributed by atoms with van der Waals surface area (Å²) in [6.07, 6.45) is 2.32. The van der Waals surface area contributed by atoms with Gasteiger partial charge in [0.25, 0.3) is 0 Å². The Balaban J connectivity index is 2.25. The lowest BCUT2D eigenvalue weighted by Crippen LogP contribution is -2.47. The molecule has 0 spiro atoms. The Labute approximate surface area is 124 Å². The fourth-order valence-corrected chi connectivity index (χ4v) is 3.18. The van der Waals surface area contributed by atoms with Gasteiger partial charge in [0, 0.05) is 36.9 Å². The van der Waals surface area contributed by atoms with Gasteiger partial charge in [0.1, 0.15) is 0 Å². The number of rotatable bonds is 4. The van der Waals surface area contributed by atoms with Crippen LogP contribution in [0, 0.1) is 0 Å². The standard InChI is InChI=1S/C15H23BrN2O/c1-15(19-3)7-4-8-18(11-15)14-6-5-13(16)9-12(14)10-17-2/h5-6,9,17H,4,7-8,10-11H2,1-3H3. The van der Waals surface area contributed by atoms with Gasteiger partial charge in [-0.1, -0.05) is 15.9 Å². The first-order chi connectivity index (χ1) is 9.08. The topological polar surface area (TPSA) is 24.5 Å². The Bertz CT molecular complexity index is 438. The molecule has 4 heteroatoms. The van der Waals surface area contributed by atoms with Gasteiger partial charge in [0.15, 0.2) is 0 Å². The van der Waals surface area contributed by atoms with Crippen LogP contribution in [0.4, 0.5) is 5.69 Å². The summed E-state index contributed by atoms with van der Waals surface area (Å²) in [7, 11) is 3.81. The van der Waals surface area contributed by atoms with Crippen molar-refractivity contribution in [2.45, 2.75) is 31.9 Å². The van der Waals surface area contributed by atoms with Crippen LogP contribution in [0.5, 0.6) is 0 Å². The second-order valence-corrected chi connectivity index (χ2v) is 6.40. The van der Waals surface area contributed by atoms with Gasteiger partial charge in [-0.25, -0.2) is 0 Å². The summed E-state index contributed by atoms with van der Waals surface area (Å²) in [6, 6.07) is 6.52. The maximum Gasteiger partial charge on any atom is 0.0825 e. The van der Waals surface area contributed by atoms with Crippen molar-refractivity contribution in [3.63, 3.8) is 0 Å². The summed E-state index contributed by atoms with van der Waals surface area (Å²) in [5, 5.41) is 3.25. The van der Waals surface area contributed by atoms with Crippen LogP contribution in [0.15, 0.2) is 22.7 Å². The van der Waals surface area contributed by atoms with E-state index in [2.05, 4.69) is 51.3 Å². The van der Waals surface area contributed by atoms with Gasteiger partial charge >= 0.3 is 0 Å². The molecule has 1 saturated heterocycles. The van der Waals surface area contributed by atoms with E-state index in [4.69, 9.17) is 4.74 Å². The lowest BCUT2D eigenvalue weighted by molar-refractivity contribution is -0.00468. The average Bonchev–Trinajstić information content (AvgIpc) is 2.39. The predicted molar refractivity (Wildman–Crippen MR) is 83.8 cm³/mol. The highest BCUT2D eigenvalue weighted by atomic mass is 79.9. The Morgan fingerprint density at radius 1 is 1.47 bits per heavy atom. The van der Waals surface area contributed by atoms with Crippen LogP contribution in [0.2, 0.25) is 0 Å². The minimum Gasteiger partial charge on any atom is -0.377 e. The lowest BCUT2D eigenvalue weighted by Gasteiger charge is -2.41. The Hall–Kier alpha value is -0.580. The van der Waals surface area contributed by atoms with Crippen molar-refractivity contribution in [2.24, 2.45) is 0 Å². The quantitative estimate of drug-likeness (QED) is 0.919. The molecule has 1 N–H and O–H groups in total. The molecule has 1 aliphatic rings. The van der Waals surface area contributed by atoms with Crippen LogP contribution in [0.25, 0.3) is 0 Å². The van der Waals surface area contributed by atoms with Crippen molar-refractivity contribution in [2.75, 3.05) is 32.1 Å². The van der Waals surface area contributed by atoms with Crippen molar-refractivity contribution in [3.05, 3.63) is 28.2 Å². The number of hydrogen-bond donors (Lipinski definition) is 1. The van der Waals surface area contributed by atoms with Crippen molar-refractivity contribution >= 4 is 21.6 Å². The van der Waals surface area contributed by atoms with E-state index in [1.807, 2.05) is 14.2 Å². The third kappa shape index (κ3) is 3.50. The molecule has 0 amide bonds. The van der Waals surface area contributed by atoms with Crippen molar-refractivity contribution in [1.29, 1.82) is 0 Å². The van der Waals surface area contributed by atoms with E-state index < -0.39 is 0 Å². The van der Waals surface area contributed by atoms with Crippen LogP contribution in [-0.2, 0) is 11.3 Å². The van der Waals surface area contributed by atoms with Gasteiger partial charge in [0.05, 0.1) is 5.60 Å². The van der Waals surface area contributed by atoms with Crippen LogP contribution in [0.1, 0.15) is 25.3 Å². The number of ether oxygens (including phenoxy) is 1. The summed E-state index contributed by atoms with van der Waals surface area (Å²) in [5.41, 5.74) is 2.63. The van der Waals surface area contributed by atoms with Gasteiger partial charge in [-0.15, -0.1) is 0 Å². The third-order valence-electron chi connectivity index (χ3n) is 3.90. The Morgan fingerprint density at radius 2 is 2.26 bits per heavy atom. The molecule has 1 aromatic carbocycles. The van der Waals surface area contributed by atoms with Crippen LogP contribution in [-0.4, -0.2) is 32.8 Å². The zero-order valence-corrected chi connectivity index (χ0v) is 13.6. The Morgan fingerprint density at radius 3 is 2.95 bits per heavy atom. The minimum absolute atomic E-state index is 0.0256. The summed E-state index contributed by atoms with van der Waals surface area (Å²) in [6.45, 7) is 5.16. The van der Waals surface area contributed by atoms with E-state index >= 15 is 0 Å². The fraction of sp³-hybridized carbons (Fsp3) is 0.600. The number of piperidine rings is 1. The van der Waals surface area contributed by atoms with E-state index in [9.17, 15) is 0 Å². The molecule has 0 bridgehead atoms. The molecule has 1 aromatic rings. The SMILES string of the molecule is CNCc1cc(Br)ccc1N1CCCC(C)(OC)C1. The maximum absolute atomic E-state index is 5.69. The van der Waals surface area contributed by atoms with Crippen LogP contribution in [0.3, 0.4) is 0 Å². The maximum atomic E-state index is 5.69. The van der Waals surface area contributed by atoms with Crippen molar-refractivity contribution in [1.82, 2.24) is 5.32 Å². The highest BCUT2D eigenvalue weighted by Gasteiger charge is 2.31.